The van der Waals surface area contributed by atoms with Gasteiger partial charge in [0.25, 0.3) is 0 Å². The number of esters is 1. The van der Waals surface area contributed by atoms with Crippen LogP contribution in [-0.2, 0) is 14.8 Å². The number of hydrogen-bond acceptors (Lipinski definition) is 7. The van der Waals surface area contributed by atoms with Crippen LogP contribution in [0.5, 0.6) is 5.75 Å². The van der Waals surface area contributed by atoms with E-state index in [1.807, 2.05) is 0 Å². The van der Waals surface area contributed by atoms with Crippen LogP contribution in [0.3, 0.4) is 0 Å². The summed E-state index contributed by atoms with van der Waals surface area (Å²) in [4.78, 5) is 16.1. The zero-order valence-electron chi connectivity index (χ0n) is 13.1. The first-order valence-electron chi connectivity index (χ1n) is 7.51. The summed E-state index contributed by atoms with van der Waals surface area (Å²) in [5, 5.41) is 15.0. The maximum atomic E-state index is 12.4. The van der Waals surface area contributed by atoms with Crippen molar-refractivity contribution in [3.8, 4) is 5.75 Å². The molecular formula is C15H14N4O5S. The maximum absolute atomic E-state index is 12.4. The highest BCUT2D eigenvalue weighted by molar-refractivity contribution is 7.89. The van der Waals surface area contributed by atoms with Crippen molar-refractivity contribution >= 4 is 32.4 Å². The van der Waals surface area contributed by atoms with Gasteiger partial charge in [-0.2, -0.15) is 5.10 Å². The van der Waals surface area contributed by atoms with E-state index in [2.05, 4.69) is 19.5 Å². The molecule has 1 aliphatic carbocycles. The van der Waals surface area contributed by atoms with Crippen molar-refractivity contribution in [1.29, 1.82) is 0 Å². The predicted octanol–water partition coefficient (Wildman–Crippen LogP) is 0.815. The molecule has 9 nitrogen and oxygen atoms in total. The van der Waals surface area contributed by atoms with Crippen LogP contribution in [0.15, 0.2) is 29.4 Å². The molecule has 0 amide bonds. The Hall–Kier alpha value is -2.72. The fourth-order valence-electron chi connectivity index (χ4n) is 2.67. The Labute approximate surface area is 142 Å². The van der Waals surface area contributed by atoms with Crippen LogP contribution >= 0.6 is 0 Å². The van der Waals surface area contributed by atoms with Crippen LogP contribution in [0, 0.1) is 0 Å². The van der Waals surface area contributed by atoms with Crippen molar-refractivity contribution in [3.63, 3.8) is 0 Å². The van der Waals surface area contributed by atoms with Crippen LogP contribution in [0.4, 0.5) is 0 Å². The number of rotatable bonds is 4. The minimum atomic E-state index is -3.66. The normalized spacial score (nSPS) is 14.9. The Kier molecular flexibility index (Phi) is 3.41. The Morgan fingerprint density at radius 1 is 1.36 bits per heavy atom. The molecule has 3 aromatic rings. The highest BCUT2D eigenvalue weighted by atomic mass is 32.2. The first-order chi connectivity index (χ1) is 11.9. The third-order valence-electron chi connectivity index (χ3n) is 4.06. The summed E-state index contributed by atoms with van der Waals surface area (Å²) in [6.07, 6.45) is 2.86. The molecule has 0 saturated heterocycles. The monoisotopic (exact) mass is 362 g/mol. The van der Waals surface area contributed by atoms with Crippen molar-refractivity contribution in [3.05, 3.63) is 30.2 Å². The summed E-state index contributed by atoms with van der Waals surface area (Å²) in [5.41, 5.74) is 0.0749. The van der Waals surface area contributed by atoms with Crippen LogP contribution < -0.4 is 4.72 Å². The number of pyridine rings is 1. The summed E-state index contributed by atoms with van der Waals surface area (Å²) < 4.78 is 33.2. The maximum Gasteiger partial charge on any atom is 0.360 e. The second-order valence-corrected chi connectivity index (χ2v) is 7.50. The standard InChI is InChI=1S/C15H14N4O5S/c1-24-15(21)12-13(20)10-5-4-9(25(22,23)18-8-2-3-8)6-11(10)14-16-7-17-19(12)14/h4-8,18,20H,2-3H2,1H3. The van der Waals surface area contributed by atoms with E-state index in [-0.39, 0.29) is 33.4 Å². The third kappa shape index (κ3) is 2.50. The average molecular weight is 362 g/mol. The zero-order valence-corrected chi connectivity index (χ0v) is 13.9. The van der Waals surface area contributed by atoms with Crippen molar-refractivity contribution in [1.82, 2.24) is 19.3 Å². The van der Waals surface area contributed by atoms with Crippen LogP contribution in [-0.4, -0.2) is 47.2 Å². The van der Waals surface area contributed by atoms with E-state index in [1.54, 1.807) is 0 Å². The molecule has 0 aliphatic heterocycles. The van der Waals surface area contributed by atoms with Crippen molar-refractivity contribution in [2.24, 2.45) is 0 Å². The number of carbonyl (C=O) groups excluding carboxylic acids is 1. The van der Waals surface area contributed by atoms with Gasteiger partial charge in [0.05, 0.1) is 12.0 Å². The topological polar surface area (TPSA) is 123 Å². The molecule has 2 heterocycles. The number of ether oxygens (including phenoxy) is 1. The molecule has 4 rings (SSSR count). The van der Waals surface area contributed by atoms with Gasteiger partial charge in [-0.15, -0.1) is 0 Å². The predicted molar refractivity (Wildman–Crippen MR) is 86.8 cm³/mol. The number of methoxy groups -OCH3 is 1. The molecule has 1 saturated carbocycles. The van der Waals surface area contributed by atoms with Gasteiger partial charge in [-0.05, 0) is 31.0 Å². The van der Waals surface area contributed by atoms with Crippen LogP contribution in [0.2, 0.25) is 0 Å². The lowest BCUT2D eigenvalue weighted by atomic mass is 10.1. The van der Waals surface area contributed by atoms with E-state index in [4.69, 9.17) is 0 Å². The fourth-order valence-corrected chi connectivity index (χ4v) is 4.00. The van der Waals surface area contributed by atoms with Crippen molar-refractivity contribution in [2.45, 2.75) is 23.8 Å². The second-order valence-electron chi connectivity index (χ2n) is 5.79. The summed E-state index contributed by atoms with van der Waals surface area (Å²) in [6, 6.07) is 4.20. The van der Waals surface area contributed by atoms with Gasteiger partial charge < -0.3 is 9.84 Å². The average Bonchev–Trinajstić information content (AvgIpc) is 3.26. The number of carbonyl (C=O) groups is 1. The fraction of sp³-hybridized carbons (Fsp3) is 0.267. The Bertz CT molecular complexity index is 1120. The molecule has 2 aromatic heterocycles. The molecule has 0 spiro atoms. The number of nitrogens with one attached hydrogen (secondary N) is 1. The summed E-state index contributed by atoms with van der Waals surface area (Å²) in [5.74, 6) is -1.12. The molecule has 0 unspecified atom stereocenters. The SMILES string of the molecule is COC(=O)c1c(O)c2ccc(S(=O)(=O)NC3CC3)cc2c2ncnn12. The van der Waals surface area contributed by atoms with Gasteiger partial charge in [-0.1, -0.05) is 0 Å². The molecule has 25 heavy (non-hydrogen) atoms. The van der Waals surface area contributed by atoms with E-state index in [0.29, 0.717) is 5.39 Å². The molecule has 1 fully saturated rings. The van der Waals surface area contributed by atoms with Crippen LogP contribution in [0.1, 0.15) is 23.3 Å². The summed E-state index contributed by atoms with van der Waals surface area (Å²) in [7, 11) is -2.48. The van der Waals surface area contributed by atoms with Gasteiger partial charge in [0.1, 0.15) is 6.33 Å². The number of fused-ring (bicyclic) bond motifs is 3. The number of sulfonamides is 1. The molecule has 0 radical (unpaired) electrons. The Morgan fingerprint density at radius 2 is 2.12 bits per heavy atom. The molecule has 2 N–H and O–H groups in total. The number of benzene rings is 1. The van der Waals surface area contributed by atoms with E-state index < -0.39 is 16.0 Å². The van der Waals surface area contributed by atoms with Crippen molar-refractivity contribution in [2.75, 3.05) is 7.11 Å². The van der Waals surface area contributed by atoms with Crippen molar-refractivity contribution < 1.29 is 23.1 Å². The van der Waals surface area contributed by atoms with E-state index >= 15 is 0 Å². The van der Waals surface area contributed by atoms with Gasteiger partial charge in [0, 0.05) is 16.8 Å². The lowest BCUT2D eigenvalue weighted by molar-refractivity contribution is 0.0587. The third-order valence-corrected chi connectivity index (χ3v) is 5.58. The van der Waals surface area contributed by atoms with Gasteiger partial charge in [0.2, 0.25) is 10.0 Å². The Morgan fingerprint density at radius 3 is 2.80 bits per heavy atom. The molecule has 1 aromatic carbocycles. The molecular weight excluding hydrogens is 348 g/mol. The molecule has 0 atom stereocenters. The lowest BCUT2D eigenvalue weighted by Gasteiger charge is -2.11. The summed E-state index contributed by atoms with van der Waals surface area (Å²) >= 11 is 0. The van der Waals surface area contributed by atoms with Gasteiger partial charge in [0.15, 0.2) is 17.1 Å². The van der Waals surface area contributed by atoms with Gasteiger partial charge in [-0.3, -0.25) is 0 Å². The number of nitrogens with zero attached hydrogens (tertiary/aromatic N) is 3. The highest BCUT2D eigenvalue weighted by Gasteiger charge is 2.29. The van der Waals surface area contributed by atoms with Gasteiger partial charge in [-0.25, -0.2) is 27.4 Å². The van der Waals surface area contributed by atoms with E-state index in [1.165, 1.54) is 31.6 Å². The molecule has 0 bridgehead atoms. The smallest absolute Gasteiger partial charge is 0.360 e. The largest absolute Gasteiger partial charge is 0.505 e. The highest BCUT2D eigenvalue weighted by Crippen LogP contribution is 2.33. The number of aromatic nitrogens is 3. The summed E-state index contributed by atoms with van der Waals surface area (Å²) in [6.45, 7) is 0. The number of hydrogen-bond donors (Lipinski definition) is 2. The van der Waals surface area contributed by atoms with Gasteiger partial charge >= 0.3 is 5.97 Å². The number of aromatic hydroxyl groups is 1. The first kappa shape index (κ1) is 15.8. The van der Waals surface area contributed by atoms with Crippen LogP contribution in [0.25, 0.3) is 16.4 Å². The quantitative estimate of drug-likeness (QED) is 0.659. The Balaban J connectivity index is 1.98. The molecule has 1 aliphatic rings. The minimum Gasteiger partial charge on any atom is -0.505 e. The van der Waals surface area contributed by atoms with E-state index in [0.717, 1.165) is 17.4 Å². The zero-order chi connectivity index (χ0) is 17.8. The molecule has 10 heteroatoms. The first-order valence-corrected chi connectivity index (χ1v) is 9.00. The lowest BCUT2D eigenvalue weighted by Crippen LogP contribution is -2.25. The second kappa shape index (κ2) is 5.39. The molecule has 130 valence electrons. The van der Waals surface area contributed by atoms with E-state index in [9.17, 15) is 18.3 Å². The minimum absolute atomic E-state index is 0.0242.